The summed E-state index contributed by atoms with van der Waals surface area (Å²) in [5, 5.41) is 16.0. The Labute approximate surface area is 132 Å². The lowest BCUT2D eigenvalue weighted by Gasteiger charge is -2.25. The van der Waals surface area contributed by atoms with Crippen LogP contribution >= 0.6 is 27.3 Å². The van der Waals surface area contributed by atoms with Crippen molar-refractivity contribution in [2.45, 2.75) is 31.4 Å². The topological polar surface area (TPSA) is 32.3 Å². The van der Waals surface area contributed by atoms with Gasteiger partial charge in [-0.3, -0.25) is 0 Å². The van der Waals surface area contributed by atoms with E-state index in [1.807, 2.05) is 35.6 Å². The lowest BCUT2D eigenvalue weighted by atomic mass is 9.94. The molecule has 2 nitrogen and oxygen atoms in total. The van der Waals surface area contributed by atoms with E-state index in [2.05, 4.69) is 32.7 Å². The predicted molar refractivity (Wildman–Crippen MR) is 87.1 cm³/mol. The lowest BCUT2D eigenvalue weighted by molar-refractivity contribution is 0.168. The standard InChI is InChI=1S/C16H18BrNOS/c17-12-4-1-3-11(9-12)15(19)10-18-14-5-2-6-16-13(14)7-8-20-16/h1,3-4,7-9,14-15,18-19H,2,5-6,10H2. The Kier molecular flexibility index (Phi) is 4.56. The van der Waals surface area contributed by atoms with Crippen LogP contribution in [0.15, 0.2) is 40.2 Å². The highest BCUT2D eigenvalue weighted by Gasteiger charge is 2.21. The molecule has 2 N–H and O–H groups in total. The second-order valence-electron chi connectivity index (χ2n) is 5.22. The second-order valence-corrected chi connectivity index (χ2v) is 7.14. The second kappa shape index (κ2) is 6.39. The van der Waals surface area contributed by atoms with Crippen LogP contribution in [0.2, 0.25) is 0 Å². The highest BCUT2D eigenvalue weighted by molar-refractivity contribution is 9.10. The molecule has 0 radical (unpaired) electrons. The number of rotatable bonds is 4. The fraction of sp³-hybridized carbons (Fsp3) is 0.375. The van der Waals surface area contributed by atoms with Gasteiger partial charge in [0.15, 0.2) is 0 Å². The first-order valence-electron chi connectivity index (χ1n) is 6.97. The normalized spacial score (nSPS) is 19.6. The molecule has 1 heterocycles. The number of hydrogen-bond acceptors (Lipinski definition) is 3. The number of aryl methyl sites for hydroxylation is 1. The van der Waals surface area contributed by atoms with Crippen molar-refractivity contribution in [2.75, 3.05) is 6.54 Å². The minimum Gasteiger partial charge on any atom is -0.387 e. The number of benzene rings is 1. The Bertz CT molecular complexity index is 583. The number of thiophene rings is 1. The number of aliphatic hydroxyl groups excluding tert-OH is 1. The summed E-state index contributed by atoms with van der Waals surface area (Å²) in [7, 11) is 0. The van der Waals surface area contributed by atoms with Crippen LogP contribution in [0.4, 0.5) is 0 Å². The largest absolute Gasteiger partial charge is 0.387 e. The Hall–Kier alpha value is -0.680. The molecule has 0 saturated carbocycles. The number of aliphatic hydroxyl groups is 1. The summed E-state index contributed by atoms with van der Waals surface area (Å²) in [6.07, 6.45) is 3.14. The molecule has 2 aromatic rings. The third kappa shape index (κ3) is 3.14. The fourth-order valence-electron chi connectivity index (χ4n) is 2.78. The van der Waals surface area contributed by atoms with Gasteiger partial charge in [0.2, 0.25) is 0 Å². The molecule has 0 fully saturated rings. The van der Waals surface area contributed by atoms with Crippen LogP contribution in [-0.4, -0.2) is 11.7 Å². The molecule has 0 bridgehead atoms. The molecule has 4 heteroatoms. The van der Waals surface area contributed by atoms with Gasteiger partial charge in [-0.05, 0) is 54.0 Å². The van der Waals surface area contributed by atoms with Crippen LogP contribution in [0, 0.1) is 0 Å². The van der Waals surface area contributed by atoms with Crippen LogP contribution < -0.4 is 5.32 Å². The average molecular weight is 352 g/mol. The summed E-state index contributed by atoms with van der Waals surface area (Å²) in [5.74, 6) is 0. The van der Waals surface area contributed by atoms with E-state index in [0.717, 1.165) is 16.5 Å². The van der Waals surface area contributed by atoms with Gasteiger partial charge in [-0.25, -0.2) is 0 Å². The third-order valence-electron chi connectivity index (χ3n) is 3.84. The predicted octanol–water partition coefficient (Wildman–Crippen LogP) is 4.21. The number of hydrogen-bond donors (Lipinski definition) is 2. The Morgan fingerprint density at radius 2 is 2.30 bits per heavy atom. The molecule has 20 heavy (non-hydrogen) atoms. The minimum atomic E-state index is -0.462. The molecular formula is C16H18BrNOS. The smallest absolute Gasteiger partial charge is 0.0914 e. The van der Waals surface area contributed by atoms with Crippen LogP contribution in [0.5, 0.6) is 0 Å². The van der Waals surface area contributed by atoms with Gasteiger partial charge in [-0.1, -0.05) is 28.1 Å². The van der Waals surface area contributed by atoms with Crippen LogP contribution in [0.25, 0.3) is 0 Å². The van der Waals surface area contributed by atoms with Gasteiger partial charge in [0.25, 0.3) is 0 Å². The molecule has 106 valence electrons. The first kappa shape index (κ1) is 14.3. The zero-order valence-electron chi connectivity index (χ0n) is 11.2. The van der Waals surface area contributed by atoms with E-state index in [1.54, 1.807) is 0 Å². The number of nitrogens with one attached hydrogen (secondary N) is 1. The highest BCUT2D eigenvalue weighted by atomic mass is 79.9. The van der Waals surface area contributed by atoms with Crippen molar-refractivity contribution in [3.8, 4) is 0 Å². The highest BCUT2D eigenvalue weighted by Crippen LogP contribution is 2.33. The first-order chi connectivity index (χ1) is 9.74. The Balaban J connectivity index is 1.63. The monoisotopic (exact) mass is 351 g/mol. The molecule has 0 amide bonds. The molecule has 1 aromatic carbocycles. The maximum Gasteiger partial charge on any atom is 0.0914 e. The van der Waals surface area contributed by atoms with E-state index >= 15 is 0 Å². The van der Waals surface area contributed by atoms with Crippen molar-refractivity contribution in [3.05, 3.63) is 56.2 Å². The van der Waals surface area contributed by atoms with Crippen LogP contribution in [0.3, 0.4) is 0 Å². The number of fused-ring (bicyclic) bond motifs is 1. The van der Waals surface area contributed by atoms with Gasteiger partial charge in [0, 0.05) is 21.9 Å². The van der Waals surface area contributed by atoms with Gasteiger partial charge in [-0.15, -0.1) is 11.3 Å². The average Bonchev–Trinajstić information content (AvgIpc) is 2.93. The molecule has 0 spiro atoms. The fourth-order valence-corrected chi connectivity index (χ4v) is 4.19. The molecule has 2 unspecified atom stereocenters. The van der Waals surface area contributed by atoms with Crippen LogP contribution in [0.1, 0.15) is 41.0 Å². The maximum atomic E-state index is 10.3. The van der Waals surface area contributed by atoms with Crippen LogP contribution in [-0.2, 0) is 6.42 Å². The molecular weight excluding hydrogens is 334 g/mol. The maximum absolute atomic E-state index is 10.3. The summed E-state index contributed by atoms with van der Waals surface area (Å²) in [5.41, 5.74) is 2.39. The quantitative estimate of drug-likeness (QED) is 0.864. The van der Waals surface area contributed by atoms with Crippen molar-refractivity contribution < 1.29 is 5.11 Å². The summed E-state index contributed by atoms with van der Waals surface area (Å²) >= 11 is 5.30. The van der Waals surface area contributed by atoms with Crippen molar-refractivity contribution in [3.63, 3.8) is 0 Å². The van der Waals surface area contributed by atoms with Gasteiger partial charge in [-0.2, -0.15) is 0 Å². The summed E-state index contributed by atoms with van der Waals surface area (Å²) in [4.78, 5) is 1.51. The summed E-state index contributed by atoms with van der Waals surface area (Å²) < 4.78 is 1.01. The first-order valence-corrected chi connectivity index (χ1v) is 8.64. The third-order valence-corrected chi connectivity index (χ3v) is 5.33. The number of halogens is 1. The van der Waals surface area contributed by atoms with E-state index in [0.29, 0.717) is 12.6 Å². The van der Waals surface area contributed by atoms with Gasteiger partial charge < -0.3 is 10.4 Å². The molecule has 0 saturated heterocycles. The molecule has 2 atom stereocenters. The zero-order chi connectivity index (χ0) is 13.9. The SMILES string of the molecule is OC(CNC1CCCc2sccc21)c1cccc(Br)c1. The van der Waals surface area contributed by atoms with Crippen molar-refractivity contribution >= 4 is 27.3 Å². The van der Waals surface area contributed by atoms with E-state index in [-0.39, 0.29) is 0 Å². The van der Waals surface area contributed by atoms with Gasteiger partial charge in [0.1, 0.15) is 0 Å². The van der Waals surface area contributed by atoms with E-state index in [1.165, 1.54) is 23.3 Å². The summed E-state index contributed by atoms with van der Waals surface area (Å²) in [6.45, 7) is 0.594. The Morgan fingerprint density at radius 1 is 1.40 bits per heavy atom. The van der Waals surface area contributed by atoms with E-state index in [4.69, 9.17) is 0 Å². The van der Waals surface area contributed by atoms with Gasteiger partial charge in [0.05, 0.1) is 6.10 Å². The molecule has 0 aliphatic heterocycles. The molecule has 1 aliphatic carbocycles. The Morgan fingerprint density at radius 3 is 3.15 bits per heavy atom. The van der Waals surface area contributed by atoms with Crippen molar-refractivity contribution in [2.24, 2.45) is 0 Å². The van der Waals surface area contributed by atoms with Gasteiger partial charge >= 0.3 is 0 Å². The molecule has 3 rings (SSSR count). The van der Waals surface area contributed by atoms with Crippen molar-refractivity contribution in [1.29, 1.82) is 0 Å². The van der Waals surface area contributed by atoms with E-state index < -0.39 is 6.10 Å². The van der Waals surface area contributed by atoms with Crippen molar-refractivity contribution in [1.82, 2.24) is 5.32 Å². The minimum absolute atomic E-state index is 0.395. The van der Waals surface area contributed by atoms with E-state index in [9.17, 15) is 5.11 Å². The summed E-state index contributed by atoms with van der Waals surface area (Å²) in [6, 6.07) is 10.5. The lowest BCUT2D eigenvalue weighted by Crippen LogP contribution is -2.28. The molecule has 1 aromatic heterocycles. The zero-order valence-corrected chi connectivity index (χ0v) is 13.6. The molecule has 1 aliphatic rings.